The highest BCUT2D eigenvalue weighted by Crippen LogP contribution is 2.28. The predicted octanol–water partition coefficient (Wildman–Crippen LogP) is 4.88. The largest absolute Gasteiger partial charge is 0.486 e. The minimum atomic E-state index is -0.407. The van der Waals surface area contributed by atoms with Crippen LogP contribution in [0.5, 0.6) is 5.75 Å². The van der Waals surface area contributed by atoms with Crippen molar-refractivity contribution in [3.63, 3.8) is 0 Å². The Morgan fingerprint density at radius 2 is 1.71 bits per heavy atom. The third kappa shape index (κ3) is 3.48. The van der Waals surface area contributed by atoms with Crippen molar-refractivity contribution in [2.75, 3.05) is 0 Å². The molecule has 3 rings (SSSR count). The average Bonchev–Trinajstić information content (AvgIpc) is 2.58. The van der Waals surface area contributed by atoms with Crippen molar-refractivity contribution in [3.05, 3.63) is 85.2 Å². The normalized spacial score (nSPS) is 10.6. The summed E-state index contributed by atoms with van der Waals surface area (Å²) in [6.07, 6.45) is 1.45. The molecule has 0 saturated carbocycles. The molecule has 0 saturated heterocycles. The number of nitrogens with zero attached hydrogens (tertiary/aromatic N) is 2. The second-order valence-electron chi connectivity index (χ2n) is 4.88. The van der Waals surface area contributed by atoms with E-state index in [1.807, 2.05) is 30.3 Å². The summed E-state index contributed by atoms with van der Waals surface area (Å²) in [6.45, 7) is 0.331. The molecule has 4 nitrogen and oxygen atoms in total. The molecule has 1 heterocycles. The number of aromatic nitrogens is 2. The van der Waals surface area contributed by atoms with E-state index in [2.05, 4.69) is 21.0 Å². The first-order chi connectivity index (χ1) is 11.6. The van der Waals surface area contributed by atoms with Crippen LogP contribution in [0, 0.1) is 0 Å². The second-order valence-corrected chi connectivity index (χ2v) is 6.49. The van der Waals surface area contributed by atoms with Crippen molar-refractivity contribution in [1.29, 1.82) is 0 Å². The number of halogens is 3. The molecule has 0 radical (unpaired) electrons. The standard InChI is InChI=1S/C17H11BrCl2N2O2/c18-15-14(24-10-11-5-2-1-3-6-11)9-21-22(17(15)23)16-12(19)7-4-8-13(16)20/h1-9H,10H2. The van der Waals surface area contributed by atoms with Crippen LogP contribution in [-0.2, 0) is 6.61 Å². The monoisotopic (exact) mass is 424 g/mol. The van der Waals surface area contributed by atoms with E-state index in [1.54, 1.807) is 18.2 Å². The van der Waals surface area contributed by atoms with Gasteiger partial charge in [0.2, 0.25) is 0 Å². The van der Waals surface area contributed by atoms with E-state index in [9.17, 15) is 4.79 Å². The van der Waals surface area contributed by atoms with E-state index in [-0.39, 0.29) is 4.47 Å². The molecule has 0 unspecified atom stereocenters. The highest BCUT2D eigenvalue weighted by molar-refractivity contribution is 9.10. The van der Waals surface area contributed by atoms with Crippen molar-refractivity contribution in [2.45, 2.75) is 6.61 Å². The van der Waals surface area contributed by atoms with Crippen LogP contribution < -0.4 is 10.3 Å². The number of ether oxygens (including phenoxy) is 1. The predicted molar refractivity (Wildman–Crippen MR) is 98.3 cm³/mol. The van der Waals surface area contributed by atoms with Gasteiger partial charge < -0.3 is 4.74 Å². The number of hydrogen-bond donors (Lipinski definition) is 0. The summed E-state index contributed by atoms with van der Waals surface area (Å²) in [5.41, 5.74) is 0.916. The molecule has 7 heteroatoms. The molecule has 2 aromatic carbocycles. The molecule has 0 atom stereocenters. The summed E-state index contributed by atoms with van der Waals surface area (Å²) >= 11 is 15.5. The van der Waals surface area contributed by atoms with E-state index >= 15 is 0 Å². The molecule has 24 heavy (non-hydrogen) atoms. The van der Waals surface area contributed by atoms with Gasteiger partial charge >= 0.3 is 0 Å². The molecule has 1 aromatic heterocycles. The van der Waals surface area contributed by atoms with E-state index < -0.39 is 5.56 Å². The van der Waals surface area contributed by atoms with Crippen LogP contribution in [0.2, 0.25) is 10.0 Å². The summed E-state index contributed by atoms with van der Waals surface area (Å²) < 4.78 is 7.06. The van der Waals surface area contributed by atoms with Gasteiger partial charge in [-0.2, -0.15) is 9.78 Å². The Bertz CT molecular complexity index is 909. The summed E-state index contributed by atoms with van der Waals surface area (Å²) in [6, 6.07) is 14.6. The minimum absolute atomic E-state index is 0.254. The molecular weight excluding hydrogens is 415 g/mol. The third-order valence-corrected chi connectivity index (χ3v) is 4.61. The highest BCUT2D eigenvalue weighted by Gasteiger charge is 2.15. The highest BCUT2D eigenvalue weighted by atomic mass is 79.9. The summed E-state index contributed by atoms with van der Waals surface area (Å²) in [5, 5.41) is 4.79. The van der Waals surface area contributed by atoms with E-state index in [0.717, 1.165) is 10.2 Å². The zero-order chi connectivity index (χ0) is 17.1. The zero-order valence-electron chi connectivity index (χ0n) is 12.2. The molecule has 0 fully saturated rings. The SMILES string of the molecule is O=c1c(Br)c(OCc2ccccc2)cnn1-c1c(Cl)cccc1Cl. The van der Waals surface area contributed by atoms with E-state index in [4.69, 9.17) is 27.9 Å². The fraction of sp³-hybridized carbons (Fsp3) is 0.0588. The summed E-state index contributed by atoms with van der Waals surface area (Å²) in [5.74, 6) is 0.350. The van der Waals surface area contributed by atoms with Crippen LogP contribution in [0.3, 0.4) is 0 Å². The Labute approximate surface area is 156 Å². The van der Waals surface area contributed by atoms with Gasteiger partial charge in [0.25, 0.3) is 5.56 Å². The lowest BCUT2D eigenvalue weighted by Gasteiger charge is -2.12. The molecule has 0 bridgehead atoms. The molecular formula is C17H11BrCl2N2O2. The number of hydrogen-bond acceptors (Lipinski definition) is 3. The Morgan fingerprint density at radius 1 is 1.04 bits per heavy atom. The van der Waals surface area contributed by atoms with Gasteiger partial charge in [-0.15, -0.1) is 0 Å². The molecule has 0 aliphatic heterocycles. The van der Waals surface area contributed by atoms with E-state index in [1.165, 1.54) is 6.20 Å². The minimum Gasteiger partial charge on any atom is -0.486 e. The molecule has 122 valence electrons. The van der Waals surface area contributed by atoms with Crippen molar-refractivity contribution in [3.8, 4) is 11.4 Å². The lowest BCUT2D eigenvalue weighted by atomic mass is 10.2. The van der Waals surface area contributed by atoms with Gasteiger partial charge in [-0.1, -0.05) is 59.6 Å². The third-order valence-electron chi connectivity index (χ3n) is 3.27. The first-order valence-electron chi connectivity index (χ1n) is 6.97. The van der Waals surface area contributed by atoms with Crippen LogP contribution in [-0.4, -0.2) is 9.78 Å². The van der Waals surface area contributed by atoms with Gasteiger partial charge in [0.1, 0.15) is 16.8 Å². The molecule has 0 spiro atoms. The first kappa shape index (κ1) is 17.0. The number of para-hydroxylation sites is 1. The first-order valence-corrected chi connectivity index (χ1v) is 8.52. The maximum absolute atomic E-state index is 12.6. The van der Waals surface area contributed by atoms with Crippen molar-refractivity contribution < 1.29 is 4.74 Å². The van der Waals surface area contributed by atoms with Crippen LogP contribution in [0.15, 0.2) is 64.0 Å². The lowest BCUT2D eigenvalue weighted by molar-refractivity contribution is 0.301. The van der Waals surface area contributed by atoms with Gasteiger partial charge in [-0.05, 0) is 33.6 Å². The van der Waals surface area contributed by atoms with Crippen LogP contribution in [0.25, 0.3) is 5.69 Å². The lowest BCUT2D eigenvalue weighted by Crippen LogP contribution is -2.23. The number of benzene rings is 2. The average molecular weight is 426 g/mol. The second kappa shape index (κ2) is 7.38. The van der Waals surface area contributed by atoms with Gasteiger partial charge in [0.05, 0.1) is 16.2 Å². The quantitative estimate of drug-likeness (QED) is 0.598. The van der Waals surface area contributed by atoms with Gasteiger partial charge in [0.15, 0.2) is 5.75 Å². The fourth-order valence-corrected chi connectivity index (χ4v) is 3.05. The van der Waals surface area contributed by atoms with Crippen molar-refractivity contribution in [2.24, 2.45) is 0 Å². The molecule has 3 aromatic rings. The van der Waals surface area contributed by atoms with Crippen LogP contribution in [0.4, 0.5) is 0 Å². The molecule has 0 aliphatic carbocycles. The van der Waals surface area contributed by atoms with Crippen molar-refractivity contribution in [1.82, 2.24) is 9.78 Å². The topological polar surface area (TPSA) is 44.1 Å². The van der Waals surface area contributed by atoms with Gasteiger partial charge in [0, 0.05) is 0 Å². The van der Waals surface area contributed by atoms with Crippen LogP contribution >= 0.6 is 39.1 Å². The molecule has 0 N–H and O–H groups in total. The Balaban J connectivity index is 1.94. The van der Waals surface area contributed by atoms with Crippen molar-refractivity contribution >= 4 is 39.1 Å². The Hall–Kier alpha value is -1.82. The maximum atomic E-state index is 12.6. The zero-order valence-corrected chi connectivity index (χ0v) is 15.3. The Morgan fingerprint density at radius 3 is 2.38 bits per heavy atom. The van der Waals surface area contributed by atoms with Crippen LogP contribution in [0.1, 0.15) is 5.56 Å². The smallest absolute Gasteiger partial charge is 0.289 e. The molecule has 0 aliphatic rings. The van der Waals surface area contributed by atoms with Gasteiger partial charge in [-0.3, -0.25) is 4.79 Å². The van der Waals surface area contributed by atoms with E-state index in [0.29, 0.717) is 28.1 Å². The maximum Gasteiger partial charge on any atom is 0.289 e. The summed E-state index contributed by atoms with van der Waals surface area (Å²) in [4.78, 5) is 12.6. The van der Waals surface area contributed by atoms with Gasteiger partial charge in [-0.25, -0.2) is 0 Å². The Kier molecular flexibility index (Phi) is 5.23. The summed E-state index contributed by atoms with van der Waals surface area (Å²) in [7, 11) is 0. The number of rotatable bonds is 4. The molecule has 0 amide bonds. The fourth-order valence-electron chi connectivity index (χ4n) is 2.10.